The van der Waals surface area contributed by atoms with E-state index < -0.39 is 0 Å². The minimum absolute atomic E-state index is 0.245. The minimum Gasteiger partial charge on any atom is -0.411 e. The van der Waals surface area contributed by atoms with Crippen molar-refractivity contribution in [2.45, 2.75) is 5.22 Å². The lowest BCUT2D eigenvalue weighted by Crippen LogP contribution is -1.76. The number of benzene rings is 1. The third kappa shape index (κ3) is 1.84. The van der Waals surface area contributed by atoms with Gasteiger partial charge in [-0.05, 0) is 18.2 Å². The summed E-state index contributed by atoms with van der Waals surface area (Å²) < 4.78 is 5.11. The molecule has 1 aromatic carbocycles. The van der Waals surface area contributed by atoms with E-state index in [1.54, 1.807) is 12.1 Å². The van der Waals surface area contributed by atoms with Crippen molar-refractivity contribution in [2.24, 2.45) is 0 Å². The molecule has 3 nitrogen and oxygen atoms in total. The summed E-state index contributed by atoms with van der Waals surface area (Å²) in [5.74, 6) is 0.424. The molecule has 0 saturated heterocycles. The van der Waals surface area contributed by atoms with Gasteiger partial charge in [-0.3, -0.25) is 0 Å². The van der Waals surface area contributed by atoms with E-state index in [0.29, 0.717) is 10.9 Å². The molecule has 0 aliphatic carbocycles. The van der Waals surface area contributed by atoms with Gasteiger partial charge in [-0.2, -0.15) is 0 Å². The topological polar surface area (TPSA) is 38.9 Å². The highest BCUT2D eigenvalue weighted by Gasteiger charge is 2.05. The molecule has 0 N–H and O–H groups in total. The van der Waals surface area contributed by atoms with Crippen molar-refractivity contribution in [1.82, 2.24) is 10.2 Å². The number of hydrogen-bond donors (Lipinski definition) is 1. The summed E-state index contributed by atoms with van der Waals surface area (Å²) in [6.45, 7) is 0. The maximum atomic E-state index is 5.79. The van der Waals surface area contributed by atoms with Gasteiger partial charge < -0.3 is 4.42 Å². The summed E-state index contributed by atoms with van der Waals surface area (Å²) in [5.41, 5.74) is 0.792. The van der Waals surface area contributed by atoms with E-state index in [1.807, 2.05) is 12.1 Å². The van der Waals surface area contributed by atoms with Crippen LogP contribution in [0.25, 0.3) is 11.5 Å². The zero-order valence-corrected chi connectivity index (χ0v) is 8.09. The van der Waals surface area contributed by atoms with Gasteiger partial charge in [-0.15, -0.1) is 10.2 Å². The smallest absolute Gasteiger partial charge is 0.273 e. The zero-order valence-electron chi connectivity index (χ0n) is 6.44. The van der Waals surface area contributed by atoms with E-state index in [0.717, 1.165) is 5.56 Å². The van der Waals surface area contributed by atoms with Crippen LogP contribution in [0, 0.1) is 0 Å². The first kappa shape index (κ1) is 8.59. The maximum Gasteiger partial charge on any atom is 0.273 e. The van der Waals surface area contributed by atoms with Gasteiger partial charge in [-0.25, -0.2) is 0 Å². The average molecular weight is 213 g/mol. The second-order valence-electron chi connectivity index (χ2n) is 2.40. The van der Waals surface area contributed by atoms with Gasteiger partial charge in [0.25, 0.3) is 5.22 Å². The van der Waals surface area contributed by atoms with E-state index in [2.05, 4.69) is 22.8 Å². The Kier molecular flexibility index (Phi) is 2.24. The Labute approximate surface area is 85.1 Å². The molecule has 66 valence electrons. The first-order valence-electron chi connectivity index (χ1n) is 3.54. The lowest BCUT2D eigenvalue weighted by Gasteiger charge is -1.93. The van der Waals surface area contributed by atoms with Crippen LogP contribution in [0.3, 0.4) is 0 Å². The Morgan fingerprint density at radius 3 is 2.77 bits per heavy atom. The van der Waals surface area contributed by atoms with Gasteiger partial charge in [-0.1, -0.05) is 30.3 Å². The SMILES string of the molecule is Sc1nnc(-c2cccc(Cl)c2)o1. The molecule has 0 unspecified atom stereocenters. The Morgan fingerprint density at radius 2 is 2.15 bits per heavy atom. The lowest BCUT2D eigenvalue weighted by atomic mass is 10.2. The van der Waals surface area contributed by atoms with Crippen LogP contribution in [-0.2, 0) is 0 Å². The zero-order chi connectivity index (χ0) is 9.26. The molecular formula is C8H5ClN2OS. The molecule has 0 radical (unpaired) electrons. The normalized spacial score (nSPS) is 10.3. The summed E-state index contributed by atoms with van der Waals surface area (Å²) in [7, 11) is 0. The van der Waals surface area contributed by atoms with Crippen LogP contribution < -0.4 is 0 Å². The van der Waals surface area contributed by atoms with Gasteiger partial charge >= 0.3 is 0 Å². The van der Waals surface area contributed by atoms with Crippen molar-refractivity contribution in [3.8, 4) is 11.5 Å². The number of rotatable bonds is 1. The Bertz CT molecular complexity index is 430. The molecule has 13 heavy (non-hydrogen) atoms. The number of thiol groups is 1. The van der Waals surface area contributed by atoms with Gasteiger partial charge in [0, 0.05) is 10.6 Å². The summed E-state index contributed by atoms with van der Waals surface area (Å²) in [6, 6.07) is 7.19. The molecule has 0 saturated carbocycles. The monoisotopic (exact) mass is 212 g/mol. The third-order valence-corrected chi connectivity index (χ3v) is 1.90. The number of aromatic nitrogens is 2. The quantitative estimate of drug-likeness (QED) is 0.739. The van der Waals surface area contributed by atoms with Crippen LogP contribution in [0.5, 0.6) is 0 Å². The van der Waals surface area contributed by atoms with Crippen LogP contribution in [0.4, 0.5) is 0 Å². The molecular weight excluding hydrogens is 208 g/mol. The molecule has 0 spiro atoms. The van der Waals surface area contributed by atoms with Crippen LogP contribution >= 0.6 is 24.2 Å². The van der Waals surface area contributed by atoms with Crippen LogP contribution in [0.2, 0.25) is 5.02 Å². The average Bonchev–Trinajstić information content (AvgIpc) is 2.52. The predicted molar refractivity (Wildman–Crippen MR) is 52.0 cm³/mol. The molecule has 0 fully saturated rings. The highest BCUT2D eigenvalue weighted by molar-refractivity contribution is 7.80. The van der Waals surface area contributed by atoms with Crippen molar-refractivity contribution in [1.29, 1.82) is 0 Å². The van der Waals surface area contributed by atoms with E-state index in [9.17, 15) is 0 Å². The number of halogens is 1. The van der Waals surface area contributed by atoms with Crippen LogP contribution in [0.15, 0.2) is 33.9 Å². The summed E-state index contributed by atoms with van der Waals surface area (Å²) in [6.07, 6.45) is 0. The third-order valence-electron chi connectivity index (χ3n) is 1.49. The van der Waals surface area contributed by atoms with Gasteiger partial charge in [0.15, 0.2) is 0 Å². The molecule has 5 heteroatoms. The Hall–Kier alpha value is -1.00. The molecule has 2 aromatic rings. The van der Waals surface area contributed by atoms with Gasteiger partial charge in [0.1, 0.15) is 0 Å². The van der Waals surface area contributed by atoms with Gasteiger partial charge in [0.2, 0.25) is 5.89 Å². The fraction of sp³-hybridized carbons (Fsp3) is 0. The van der Waals surface area contributed by atoms with E-state index in [4.69, 9.17) is 16.0 Å². The van der Waals surface area contributed by atoms with Crippen molar-refractivity contribution < 1.29 is 4.42 Å². The van der Waals surface area contributed by atoms with Gasteiger partial charge in [0.05, 0.1) is 0 Å². The molecule has 0 aliphatic heterocycles. The summed E-state index contributed by atoms with van der Waals surface area (Å²) in [4.78, 5) is 0. The molecule has 0 atom stereocenters. The van der Waals surface area contributed by atoms with E-state index in [1.165, 1.54) is 0 Å². The molecule has 1 heterocycles. The Morgan fingerprint density at radius 1 is 1.31 bits per heavy atom. The van der Waals surface area contributed by atoms with Crippen molar-refractivity contribution in [2.75, 3.05) is 0 Å². The standard InChI is InChI=1S/C8H5ClN2OS/c9-6-3-1-2-5(4-6)7-10-11-8(13)12-7/h1-4H,(H,11,13). The second-order valence-corrected chi connectivity index (χ2v) is 3.22. The number of hydrogen-bond acceptors (Lipinski definition) is 4. The molecule has 0 bridgehead atoms. The van der Waals surface area contributed by atoms with E-state index >= 15 is 0 Å². The van der Waals surface area contributed by atoms with Crippen molar-refractivity contribution in [3.63, 3.8) is 0 Å². The molecule has 0 aliphatic rings. The second kappa shape index (κ2) is 3.40. The molecule has 2 rings (SSSR count). The fourth-order valence-electron chi connectivity index (χ4n) is 0.954. The highest BCUT2D eigenvalue weighted by atomic mass is 35.5. The highest BCUT2D eigenvalue weighted by Crippen LogP contribution is 2.21. The molecule has 0 amide bonds. The Balaban J connectivity index is 2.46. The van der Waals surface area contributed by atoms with Crippen molar-refractivity contribution >= 4 is 24.2 Å². The van der Waals surface area contributed by atoms with E-state index in [-0.39, 0.29) is 5.22 Å². The largest absolute Gasteiger partial charge is 0.411 e. The first-order chi connectivity index (χ1) is 6.25. The lowest BCUT2D eigenvalue weighted by molar-refractivity contribution is 0.468. The maximum absolute atomic E-state index is 5.79. The fourth-order valence-corrected chi connectivity index (χ4v) is 1.28. The molecule has 1 aromatic heterocycles. The summed E-state index contributed by atoms with van der Waals surface area (Å²) in [5, 5.41) is 8.28. The number of nitrogens with zero attached hydrogens (tertiary/aromatic N) is 2. The van der Waals surface area contributed by atoms with Crippen molar-refractivity contribution in [3.05, 3.63) is 29.3 Å². The predicted octanol–water partition coefficient (Wildman–Crippen LogP) is 2.68. The summed E-state index contributed by atoms with van der Waals surface area (Å²) >= 11 is 9.70. The minimum atomic E-state index is 0.245. The first-order valence-corrected chi connectivity index (χ1v) is 4.36. The van der Waals surface area contributed by atoms with Crippen LogP contribution in [-0.4, -0.2) is 10.2 Å². The van der Waals surface area contributed by atoms with Crippen LogP contribution in [0.1, 0.15) is 0 Å².